The second-order valence-corrected chi connectivity index (χ2v) is 11.1. The number of nitrogens with two attached hydrogens (primary N) is 1. The van der Waals surface area contributed by atoms with Crippen LogP contribution in [0.1, 0.15) is 50.2 Å². The molecule has 0 aromatic heterocycles. The predicted molar refractivity (Wildman–Crippen MR) is 177 cm³/mol. The molecule has 1 heterocycles. The fourth-order valence-electron chi connectivity index (χ4n) is 5.01. The minimum Gasteiger partial charge on any atom is -0.492 e. The lowest BCUT2D eigenvalue weighted by molar-refractivity contribution is -0.132. The summed E-state index contributed by atoms with van der Waals surface area (Å²) in [6.45, 7) is 3.21. The molecule has 2 aromatic rings. The molecule has 0 aliphatic carbocycles. The van der Waals surface area contributed by atoms with Gasteiger partial charge >= 0.3 is 0 Å². The zero-order valence-electron chi connectivity index (χ0n) is 26.4. The predicted octanol–water partition coefficient (Wildman–Crippen LogP) is 1.25. The second kappa shape index (κ2) is 20.8. The lowest BCUT2D eigenvalue weighted by Crippen LogP contribution is -2.55. The first-order chi connectivity index (χ1) is 21.7. The van der Waals surface area contributed by atoms with Crippen LogP contribution in [0.3, 0.4) is 0 Å². The smallest absolute Gasteiger partial charge is 0.243 e. The van der Waals surface area contributed by atoms with Gasteiger partial charge < -0.3 is 36.6 Å². The number of carbonyl (C=O) groups is 5. The quantitative estimate of drug-likeness (QED) is 0.291. The van der Waals surface area contributed by atoms with Crippen LogP contribution in [0.15, 0.2) is 54.6 Å². The molecule has 13 heteroatoms. The minimum absolute atomic E-state index is 0. The lowest BCUT2D eigenvalue weighted by atomic mass is 10.0. The number of nitrogens with zero attached hydrogens (tertiary/aromatic N) is 1. The SMILES string of the molecule is CC(=O)N1CCCC(=O)NCCOc2cccc(c2)CC(=O)N[C@@H](CCCCN)C(=O)N[C@H](Cc2ccccc2)C(=O)NCC1.Cl. The van der Waals surface area contributed by atoms with E-state index in [9.17, 15) is 24.0 Å². The molecule has 46 heavy (non-hydrogen) atoms. The molecule has 6 N–H and O–H groups in total. The number of halogens is 1. The van der Waals surface area contributed by atoms with Gasteiger partial charge in [0.25, 0.3) is 0 Å². The van der Waals surface area contributed by atoms with Crippen LogP contribution >= 0.6 is 12.4 Å². The number of ether oxygens (including phenoxy) is 1. The van der Waals surface area contributed by atoms with Crippen LogP contribution in [-0.2, 0) is 36.8 Å². The average Bonchev–Trinajstić information content (AvgIpc) is 3.01. The van der Waals surface area contributed by atoms with Crippen molar-refractivity contribution in [1.29, 1.82) is 0 Å². The first-order valence-corrected chi connectivity index (χ1v) is 15.6. The van der Waals surface area contributed by atoms with Crippen molar-refractivity contribution in [1.82, 2.24) is 26.2 Å². The number of unbranched alkanes of at least 4 members (excludes halogenated alkanes) is 1. The Morgan fingerprint density at radius 2 is 1.67 bits per heavy atom. The maximum absolute atomic E-state index is 13.6. The van der Waals surface area contributed by atoms with Crippen molar-refractivity contribution in [3.8, 4) is 5.75 Å². The molecular weight excluding hydrogens is 612 g/mol. The van der Waals surface area contributed by atoms with E-state index in [1.807, 2.05) is 30.3 Å². The molecule has 2 bridgehead atoms. The van der Waals surface area contributed by atoms with E-state index in [-0.39, 0.29) is 69.1 Å². The summed E-state index contributed by atoms with van der Waals surface area (Å²) in [6.07, 6.45) is 2.61. The van der Waals surface area contributed by atoms with E-state index in [4.69, 9.17) is 10.5 Å². The Balaban J connectivity index is 0.00000736. The van der Waals surface area contributed by atoms with E-state index in [0.717, 1.165) is 5.56 Å². The van der Waals surface area contributed by atoms with E-state index in [1.165, 1.54) is 6.92 Å². The maximum Gasteiger partial charge on any atom is 0.243 e. The third-order valence-electron chi connectivity index (χ3n) is 7.43. The van der Waals surface area contributed by atoms with E-state index >= 15 is 0 Å². The molecule has 3 rings (SSSR count). The van der Waals surface area contributed by atoms with Gasteiger partial charge in [0.1, 0.15) is 24.4 Å². The Hall–Kier alpha value is -4.16. The Morgan fingerprint density at radius 1 is 0.891 bits per heavy atom. The van der Waals surface area contributed by atoms with Crippen LogP contribution in [0.25, 0.3) is 0 Å². The van der Waals surface area contributed by atoms with Gasteiger partial charge in [-0.25, -0.2) is 0 Å². The van der Waals surface area contributed by atoms with Crippen molar-refractivity contribution in [3.05, 3.63) is 65.7 Å². The molecular formula is C33H47ClN6O6. The summed E-state index contributed by atoms with van der Waals surface area (Å²) in [4.78, 5) is 66.2. The Morgan fingerprint density at radius 3 is 2.41 bits per heavy atom. The second-order valence-electron chi connectivity index (χ2n) is 11.1. The van der Waals surface area contributed by atoms with Crippen molar-refractivity contribution in [2.45, 2.75) is 64.0 Å². The molecule has 0 unspecified atom stereocenters. The summed E-state index contributed by atoms with van der Waals surface area (Å²) in [5, 5.41) is 11.4. The van der Waals surface area contributed by atoms with Crippen LogP contribution in [0, 0.1) is 0 Å². The summed E-state index contributed by atoms with van der Waals surface area (Å²) < 4.78 is 5.76. The zero-order valence-corrected chi connectivity index (χ0v) is 27.2. The first kappa shape index (κ1) is 38.0. The Bertz CT molecular complexity index is 1280. The van der Waals surface area contributed by atoms with Crippen molar-refractivity contribution in [3.63, 3.8) is 0 Å². The summed E-state index contributed by atoms with van der Waals surface area (Å²) in [5.74, 6) is -0.987. The van der Waals surface area contributed by atoms with Gasteiger partial charge in [0.15, 0.2) is 0 Å². The van der Waals surface area contributed by atoms with E-state index in [1.54, 1.807) is 29.2 Å². The van der Waals surface area contributed by atoms with Crippen LogP contribution < -0.4 is 31.7 Å². The molecule has 2 aromatic carbocycles. The van der Waals surface area contributed by atoms with Crippen molar-refractivity contribution in [2.24, 2.45) is 5.73 Å². The lowest BCUT2D eigenvalue weighted by Gasteiger charge is -2.25. The normalized spacial score (nSPS) is 19.3. The standard InChI is InChI=1S/C33H46N6O6.ClH/c1-24(40)39-18-8-14-30(41)35-17-20-45-27-12-7-11-26(21-27)23-31(42)37-28(13-5-6-15-34)33(44)38-29(32(43)36-16-19-39)22-25-9-3-2-4-10-25;/h2-4,7,9-12,21,28-29H,5-6,8,13-20,22-23,34H2,1H3,(H,35,41)(H,36,43)(H,37,42)(H,38,44);1H/t28-,29+;/m0./s1. The zero-order chi connectivity index (χ0) is 32.4. The summed E-state index contributed by atoms with van der Waals surface area (Å²) in [5.41, 5.74) is 7.23. The minimum atomic E-state index is -0.918. The number of fused-ring (bicyclic) bond motifs is 2. The first-order valence-electron chi connectivity index (χ1n) is 15.6. The maximum atomic E-state index is 13.6. The molecule has 0 saturated carbocycles. The number of nitrogens with one attached hydrogen (secondary N) is 4. The van der Waals surface area contributed by atoms with Crippen molar-refractivity contribution >= 4 is 41.9 Å². The average molecular weight is 659 g/mol. The van der Waals surface area contributed by atoms with Gasteiger partial charge in [-0.1, -0.05) is 42.5 Å². The number of benzene rings is 2. The molecule has 0 spiro atoms. The van der Waals surface area contributed by atoms with E-state index in [2.05, 4.69) is 21.3 Å². The monoisotopic (exact) mass is 658 g/mol. The summed E-state index contributed by atoms with van der Waals surface area (Å²) in [6, 6.07) is 14.6. The fraction of sp³-hybridized carbons (Fsp3) is 0.485. The molecule has 1 aliphatic rings. The molecule has 2 atom stereocenters. The number of carbonyl (C=O) groups excluding carboxylic acids is 5. The molecule has 5 amide bonds. The Labute approximate surface area is 277 Å². The van der Waals surface area contributed by atoms with E-state index in [0.29, 0.717) is 56.6 Å². The number of hydrogen-bond donors (Lipinski definition) is 5. The van der Waals surface area contributed by atoms with Gasteiger partial charge in [0, 0.05) is 39.4 Å². The third kappa shape index (κ3) is 13.9. The highest BCUT2D eigenvalue weighted by molar-refractivity contribution is 5.92. The Kier molecular flexibility index (Phi) is 17.2. The summed E-state index contributed by atoms with van der Waals surface area (Å²) >= 11 is 0. The number of amides is 5. The van der Waals surface area contributed by atoms with Crippen LogP contribution in [-0.4, -0.2) is 85.9 Å². The summed E-state index contributed by atoms with van der Waals surface area (Å²) in [7, 11) is 0. The third-order valence-corrected chi connectivity index (χ3v) is 7.43. The highest BCUT2D eigenvalue weighted by atomic mass is 35.5. The number of rotatable bonds is 6. The van der Waals surface area contributed by atoms with Gasteiger partial charge in [-0.05, 0) is 55.5 Å². The van der Waals surface area contributed by atoms with Crippen LogP contribution in [0.5, 0.6) is 5.75 Å². The van der Waals surface area contributed by atoms with Gasteiger partial charge in [0.2, 0.25) is 29.5 Å². The molecule has 0 saturated heterocycles. The fourth-order valence-corrected chi connectivity index (χ4v) is 5.01. The van der Waals surface area contributed by atoms with E-state index < -0.39 is 23.9 Å². The molecule has 1 aliphatic heterocycles. The van der Waals surface area contributed by atoms with Gasteiger partial charge in [-0.15, -0.1) is 12.4 Å². The van der Waals surface area contributed by atoms with Crippen LogP contribution in [0.2, 0.25) is 0 Å². The van der Waals surface area contributed by atoms with Gasteiger partial charge in [0.05, 0.1) is 13.0 Å². The van der Waals surface area contributed by atoms with Crippen molar-refractivity contribution in [2.75, 3.05) is 39.3 Å². The number of hydrogen-bond acceptors (Lipinski definition) is 7. The molecule has 12 nitrogen and oxygen atoms in total. The molecule has 252 valence electrons. The van der Waals surface area contributed by atoms with Crippen molar-refractivity contribution < 1.29 is 28.7 Å². The highest BCUT2D eigenvalue weighted by Crippen LogP contribution is 2.14. The molecule has 0 fully saturated rings. The molecule has 0 radical (unpaired) electrons. The van der Waals surface area contributed by atoms with Crippen LogP contribution in [0.4, 0.5) is 0 Å². The van der Waals surface area contributed by atoms with Gasteiger partial charge in [-0.3, -0.25) is 24.0 Å². The topological polar surface area (TPSA) is 172 Å². The highest BCUT2D eigenvalue weighted by Gasteiger charge is 2.27. The van der Waals surface area contributed by atoms with Gasteiger partial charge in [-0.2, -0.15) is 0 Å². The largest absolute Gasteiger partial charge is 0.492 e.